The van der Waals surface area contributed by atoms with Crippen LogP contribution in [0.3, 0.4) is 0 Å². The zero-order valence-electron chi connectivity index (χ0n) is 15.2. The molecular weight excluding hydrogens is 332 g/mol. The first-order chi connectivity index (χ1) is 12.7. The van der Waals surface area contributed by atoms with Gasteiger partial charge in [-0.15, -0.1) is 0 Å². The average Bonchev–Trinajstić information content (AvgIpc) is 2.69. The Hall–Kier alpha value is -2.15. The Morgan fingerprint density at radius 2 is 1.81 bits per heavy atom. The number of hydrogen-bond acceptors (Lipinski definition) is 6. The van der Waals surface area contributed by atoms with Crippen molar-refractivity contribution in [1.29, 1.82) is 0 Å². The number of carbonyl (C=O) groups excluding carboxylic acids is 2. The predicted molar refractivity (Wildman–Crippen MR) is 99.0 cm³/mol. The number of rotatable bonds is 5. The molecule has 142 valence electrons. The minimum Gasteiger partial charge on any atom is -0.376 e. The van der Waals surface area contributed by atoms with E-state index in [2.05, 4.69) is 15.2 Å². The van der Waals surface area contributed by atoms with E-state index in [1.54, 1.807) is 17.3 Å². The molecule has 2 aliphatic heterocycles. The largest absolute Gasteiger partial charge is 0.417 e. The molecule has 3 heterocycles. The van der Waals surface area contributed by atoms with Gasteiger partial charge in [0.25, 0.3) is 0 Å². The number of ether oxygens (including phenoxy) is 1. The van der Waals surface area contributed by atoms with Crippen LogP contribution in [0.15, 0.2) is 24.5 Å². The minimum absolute atomic E-state index is 0.326. The summed E-state index contributed by atoms with van der Waals surface area (Å²) in [6.45, 7) is 4.71. The zero-order chi connectivity index (χ0) is 18.2. The second-order valence-electron chi connectivity index (χ2n) is 7.01. The lowest BCUT2D eigenvalue weighted by Gasteiger charge is -2.35. The Morgan fingerprint density at radius 3 is 2.50 bits per heavy atom. The highest BCUT2D eigenvalue weighted by Gasteiger charge is 2.24. The van der Waals surface area contributed by atoms with Gasteiger partial charge in [0, 0.05) is 50.7 Å². The molecule has 7 heteroatoms. The van der Waals surface area contributed by atoms with E-state index in [0.29, 0.717) is 25.4 Å². The molecule has 7 nitrogen and oxygen atoms in total. The molecule has 2 aliphatic rings. The number of nitrogens with one attached hydrogen (secondary N) is 1. The molecule has 1 aromatic heterocycles. The summed E-state index contributed by atoms with van der Waals surface area (Å²) < 4.78 is 5.03. The SMILES string of the molecule is O=C(CCCC1CCNCC1)OC(=O)N1CCN(c2ccncc2)CC1. The molecule has 0 bridgehead atoms. The van der Waals surface area contributed by atoms with E-state index in [1.165, 1.54) is 12.8 Å². The smallest absolute Gasteiger partial charge is 0.376 e. The Balaban J connectivity index is 1.34. The van der Waals surface area contributed by atoms with Crippen LogP contribution in [0.2, 0.25) is 0 Å². The Morgan fingerprint density at radius 1 is 1.12 bits per heavy atom. The Labute approximate surface area is 154 Å². The number of amides is 1. The van der Waals surface area contributed by atoms with Gasteiger partial charge >= 0.3 is 12.1 Å². The molecule has 2 fully saturated rings. The van der Waals surface area contributed by atoms with Crippen molar-refractivity contribution in [3.8, 4) is 0 Å². The number of piperidine rings is 1. The highest BCUT2D eigenvalue weighted by molar-refractivity contribution is 5.84. The van der Waals surface area contributed by atoms with Gasteiger partial charge in [0.2, 0.25) is 0 Å². The molecule has 0 radical (unpaired) electrons. The molecule has 1 amide bonds. The van der Waals surface area contributed by atoms with Gasteiger partial charge < -0.3 is 19.9 Å². The highest BCUT2D eigenvalue weighted by atomic mass is 16.6. The fourth-order valence-electron chi connectivity index (χ4n) is 3.62. The maximum Gasteiger partial charge on any atom is 0.417 e. The van der Waals surface area contributed by atoms with Crippen molar-refractivity contribution in [3.05, 3.63) is 24.5 Å². The summed E-state index contributed by atoms with van der Waals surface area (Å²) in [6, 6.07) is 3.92. The third-order valence-electron chi connectivity index (χ3n) is 5.22. The molecule has 1 N–H and O–H groups in total. The summed E-state index contributed by atoms with van der Waals surface area (Å²) in [5.74, 6) is 0.293. The monoisotopic (exact) mass is 360 g/mol. The highest BCUT2D eigenvalue weighted by Crippen LogP contribution is 2.19. The van der Waals surface area contributed by atoms with Gasteiger partial charge in [-0.25, -0.2) is 4.79 Å². The topological polar surface area (TPSA) is 74.8 Å². The van der Waals surface area contributed by atoms with Crippen LogP contribution in [-0.4, -0.2) is 61.2 Å². The lowest BCUT2D eigenvalue weighted by molar-refractivity contribution is -0.138. The van der Waals surface area contributed by atoms with Crippen LogP contribution in [0.1, 0.15) is 32.1 Å². The standard InChI is InChI=1S/C19H28N4O3/c24-18(3-1-2-16-4-8-20-9-5-16)26-19(25)23-14-12-22(13-15-23)17-6-10-21-11-7-17/h6-7,10-11,16,20H,1-5,8-9,12-15H2. The zero-order valence-corrected chi connectivity index (χ0v) is 15.2. The molecule has 2 saturated heterocycles. The van der Waals surface area contributed by atoms with Crippen LogP contribution in [0.5, 0.6) is 0 Å². The molecule has 0 spiro atoms. The maximum absolute atomic E-state index is 12.2. The van der Waals surface area contributed by atoms with Crippen molar-refractivity contribution in [2.24, 2.45) is 5.92 Å². The van der Waals surface area contributed by atoms with E-state index in [4.69, 9.17) is 4.74 Å². The quantitative estimate of drug-likeness (QED) is 0.640. The average molecular weight is 360 g/mol. The third kappa shape index (κ3) is 5.42. The van der Waals surface area contributed by atoms with Crippen molar-refractivity contribution in [2.45, 2.75) is 32.1 Å². The maximum atomic E-state index is 12.2. The lowest BCUT2D eigenvalue weighted by atomic mass is 9.92. The number of aromatic nitrogens is 1. The van der Waals surface area contributed by atoms with Crippen molar-refractivity contribution in [3.63, 3.8) is 0 Å². The summed E-state index contributed by atoms with van der Waals surface area (Å²) in [5.41, 5.74) is 1.10. The minimum atomic E-state index is -0.508. The lowest BCUT2D eigenvalue weighted by Crippen LogP contribution is -2.49. The molecular formula is C19H28N4O3. The van der Waals surface area contributed by atoms with Gasteiger partial charge in [0.15, 0.2) is 0 Å². The van der Waals surface area contributed by atoms with Crippen molar-refractivity contribution < 1.29 is 14.3 Å². The summed E-state index contributed by atoms with van der Waals surface area (Å²) >= 11 is 0. The summed E-state index contributed by atoms with van der Waals surface area (Å²) in [6.07, 6.45) is 7.53. The van der Waals surface area contributed by atoms with Crippen LogP contribution in [0.25, 0.3) is 0 Å². The number of anilines is 1. The van der Waals surface area contributed by atoms with E-state index < -0.39 is 12.1 Å². The molecule has 0 aliphatic carbocycles. The van der Waals surface area contributed by atoms with Crippen molar-refractivity contribution in [2.75, 3.05) is 44.2 Å². The van der Waals surface area contributed by atoms with E-state index in [0.717, 1.165) is 44.7 Å². The van der Waals surface area contributed by atoms with Gasteiger partial charge in [-0.3, -0.25) is 9.78 Å². The normalized spacial score (nSPS) is 18.6. The van der Waals surface area contributed by atoms with E-state index in [1.807, 2.05) is 12.1 Å². The number of carbonyl (C=O) groups is 2. The Bertz CT molecular complexity index is 582. The second-order valence-corrected chi connectivity index (χ2v) is 7.01. The van der Waals surface area contributed by atoms with E-state index in [9.17, 15) is 9.59 Å². The summed E-state index contributed by atoms with van der Waals surface area (Å²) in [7, 11) is 0. The fraction of sp³-hybridized carbons (Fsp3) is 0.632. The summed E-state index contributed by atoms with van der Waals surface area (Å²) in [4.78, 5) is 31.9. The molecule has 3 rings (SSSR count). The molecule has 0 saturated carbocycles. The number of hydrogen-bond donors (Lipinski definition) is 1. The van der Waals surface area contributed by atoms with E-state index >= 15 is 0 Å². The number of pyridine rings is 1. The first-order valence-corrected chi connectivity index (χ1v) is 9.57. The van der Waals surface area contributed by atoms with Gasteiger partial charge in [0.05, 0.1) is 0 Å². The van der Waals surface area contributed by atoms with Crippen molar-refractivity contribution >= 4 is 17.7 Å². The predicted octanol–water partition coefficient (Wildman–Crippen LogP) is 2.04. The van der Waals surface area contributed by atoms with Crippen LogP contribution >= 0.6 is 0 Å². The van der Waals surface area contributed by atoms with Gasteiger partial charge in [0.1, 0.15) is 0 Å². The van der Waals surface area contributed by atoms with Crippen LogP contribution in [0, 0.1) is 5.92 Å². The summed E-state index contributed by atoms with van der Waals surface area (Å²) in [5, 5.41) is 3.34. The van der Waals surface area contributed by atoms with Gasteiger partial charge in [-0.1, -0.05) is 0 Å². The van der Waals surface area contributed by atoms with Gasteiger partial charge in [-0.2, -0.15) is 0 Å². The second kappa shape index (κ2) is 9.52. The molecule has 0 atom stereocenters. The van der Waals surface area contributed by atoms with Crippen LogP contribution in [0.4, 0.5) is 10.5 Å². The van der Waals surface area contributed by atoms with Gasteiger partial charge in [-0.05, 0) is 56.8 Å². The molecule has 1 aromatic rings. The first-order valence-electron chi connectivity index (χ1n) is 9.57. The number of piperazine rings is 1. The third-order valence-corrected chi connectivity index (χ3v) is 5.22. The molecule has 0 unspecified atom stereocenters. The Kier molecular flexibility index (Phi) is 6.82. The van der Waals surface area contributed by atoms with Crippen LogP contribution < -0.4 is 10.2 Å². The molecule has 26 heavy (non-hydrogen) atoms. The molecule has 0 aromatic carbocycles. The van der Waals surface area contributed by atoms with Crippen LogP contribution in [-0.2, 0) is 9.53 Å². The number of nitrogens with zero attached hydrogens (tertiary/aromatic N) is 3. The fourth-order valence-corrected chi connectivity index (χ4v) is 3.62. The van der Waals surface area contributed by atoms with E-state index in [-0.39, 0.29) is 0 Å². The first kappa shape index (κ1) is 18.6. The number of esters is 1. The van der Waals surface area contributed by atoms with Crippen molar-refractivity contribution in [1.82, 2.24) is 15.2 Å².